The van der Waals surface area contributed by atoms with E-state index in [0.29, 0.717) is 10.6 Å². The van der Waals surface area contributed by atoms with Crippen LogP contribution in [0.25, 0.3) is 0 Å². The molecule has 0 aliphatic carbocycles. The molecule has 0 saturated heterocycles. The van der Waals surface area contributed by atoms with Crippen LogP contribution in [0.15, 0.2) is 24.3 Å². The van der Waals surface area contributed by atoms with Crippen LogP contribution in [0.3, 0.4) is 0 Å². The summed E-state index contributed by atoms with van der Waals surface area (Å²) in [4.78, 5) is 0. The third-order valence-corrected chi connectivity index (χ3v) is 1.65. The Hall–Kier alpha value is -0.530. The maximum Gasteiger partial charge on any atom is 0.0406 e. The Kier molecular flexibility index (Phi) is 1.19. The Bertz CT molecular complexity index is 394. The predicted octanol–water partition coefficient (Wildman–Crippen LogP) is 2.62. The summed E-state index contributed by atoms with van der Waals surface area (Å²) in [6.45, 7) is -5.56. The van der Waals surface area contributed by atoms with Gasteiger partial charge in [0.25, 0.3) is 0 Å². The lowest BCUT2D eigenvalue weighted by Crippen LogP contribution is -2.34. The van der Waals surface area contributed by atoms with Crippen LogP contribution in [-0.2, 0) is 6.42 Å². The standard InChI is InChI=1S/C10H14ClN/c1-10(2,12)7-8-3-5-9(11)6-4-8/h3-6H,7,12H2,1-2H3/i1D3,2D3. The Morgan fingerprint density at radius 1 is 1.42 bits per heavy atom. The second-order valence-electron chi connectivity index (χ2n) is 2.77. The zero-order chi connectivity index (χ0) is 14.2. The van der Waals surface area contributed by atoms with Crippen molar-refractivity contribution in [2.24, 2.45) is 5.73 Å². The molecule has 1 rings (SSSR count). The lowest BCUT2D eigenvalue weighted by Gasteiger charge is -2.18. The van der Waals surface area contributed by atoms with Crippen molar-refractivity contribution in [3.05, 3.63) is 34.9 Å². The first-order chi connectivity index (χ1) is 7.97. The number of hydrogen-bond donors (Lipinski definition) is 1. The fourth-order valence-electron chi connectivity index (χ4n) is 0.924. The molecule has 0 saturated carbocycles. The highest BCUT2D eigenvalue weighted by atomic mass is 35.5. The summed E-state index contributed by atoms with van der Waals surface area (Å²) in [6.07, 6.45) is -0.267. The average Bonchev–Trinajstić information content (AvgIpc) is 2.18. The van der Waals surface area contributed by atoms with E-state index in [9.17, 15) is 0 Å². The van der Waals surface area contributed by atoms with Crippen molar-refractivity contribution >= 4 is 11.6 Å². The zero-order valence-corrected chi connectivity index (χ0v) is 7.23. The Balaban J connectivity index is 3.12. The summed E-state index contributed by atoms with van der Waals surface area (Å²) in [5, 5.41) is 0.490. The van der Waals surface area contributed by atoms with Gasteiger partial charge in [0.15, 0.2) is 0 Å². The molecule has 1 aromatic carbocycles. The van der Waals surface area contributed by atoms with Crippen LogP contribution in [0, 0.1) is 0 Å². The highest BCUT2D eigenvalue weighted by Gasteiger charge is 2.10. The number of halogens is 1. The lowest BCUT2D eigenvalue weighted by molar-refractivity contribution is 0.517. The largest absolute Gasteiger partial charge is 0.325 e. The number of nitrogens with two attached hydrogens (primary N) is 1. The van der Waals surface area contributed by atoms with E-state index < -0.39 is 19.2 Å². The van der Waals surface area contributed by atoms with E-state index in [2.05, 4.69) is 0 Å². The summed E-state index contributed by atoms with van der Waals surface area (Å²) in [7, 11) is 0. The van der Waals surface area contributed by atoms with E-state index in [1.807, 2.05) is 0 Å². The first-order valence-corrected chi connectivity index (χ1v) is 3.88. The van der Waals surface area contributed by atoms with E-state index in [1.165, 1.54) is 0 Å². The molecule has 2 heteroatoms. The highest BCUT2D eigenvalue weighted by molar-refractivity contribution is 6.30. The molecule has 0 bridgehead atoms. The van der Waals surface area contributed by atoms with Crippen molar-refractivity contribution in [2.45, 2.75) is 25.7 Å². The van der Waals surface area contributed by atoms with Gasteiger partial charge in [-0.15, -0.1) is 0 Å². The minimum atomic E-state index is -2.78. The smallest absolute Gasteiger partial charge is 0.0406 e. The van der Waals surface area contributed by atoms with E-state index in [-0.39, 0.29) is 6.42 Å². The molecule has 2 N–H and O–H groups in total. The first-order valence-electron chi connectivity index (χ1n) is 6.51. The fourth-order valence-corrected chi connectivity index (χ4v) is 1.05. The van der Waals surface area contributed by atoms with Crippen LogP contribution in [0.2, 0.25) is 5.02 Å². The molecule has 1 nitrogen and oxygen atoms in total. The van der Waals surface area contributed by atoms with Gasteiger partial charge in [-0.2, -0.15) is 0 Å². The monoisotopic (exact) mass is 189 g/mol. The van der Waals surface area contributed by atoms with Gasteiger partial charge < -0.3 is 5.73 Å². The second-order valence-corrected chi connectivity index (χ2v) is 3.21. The third kappa shape index (κ3) is 3.24. The van der Waals surface area contributed by atoms with Crippen molar-refractivity contribution in [3.8, 4) is 0 Å². The molecule has 1 aromatic rings. The number of benzene rings is 1. The molecular weight excluding hydrogens is 170 g/mol. The molecule has 66 valence electrons. The van der Waals surface area contributed by atoms with E-state index in [0.717, 1.165) is 0 Å². The van der Waals surface area contributed by atoms with Gasteiger partial charge in [-0.3, -0.25) is 0 Å². The highest BCUT2D eigenvalue weighted by Crippen LogP contribution is 2.13. The van der Waals surface area contributed by atoms with Gasteiger partial charge in [0.2, 0.25) is 0 Å². The van der Waals surface area contributed by atoms with Gasteiger partial charge in [0.05, 0.1) is 0 Å². The average molecular weight is 190 g/mol. The molecule has 0 fully saturated rings. The molecule has 0 aliphatic rings. The molecular formula is C10H14ClN. The van der Waals surface area contributed by atoms with Crippen molar-refractivity contribution in [1.29, 1.82) is 0 Å². The van der Waals surface area contributed by atoms with Gasteiger partial charge in [-0.1, -0.05) is 23.7 Å². The second kappa shape index (κ2) is 3.46. The van der Waals surface area contributed by atoms with Gasteiger partial charge in [-0.05, 0) is 37.8 Å². The fraction of sp³-hybridized carbons (Fsp3) is 0.400. The minimum absolute atomic E-state index is 0.267. The minimum Gasteiger partial charge on any atom is -0.325 e. The van der Waals surface area contributed by atoms with Crippen LogP contribution in [-0.4, -0.2) is 5.54 Å². The topological polar surface area (TPSA) is 26.0 Å². The molecule has 0 aliphatic heterocycles. The van der Waals surface area contributed by atoms with Crippen LogP contribution in [0.5, 0.6) is 0 Å². The van der Waals surface area contributed by atoms with Crippen LogP contribution < -0.4 is 5.73 Å². The SMILES string of the molecule is [2H]C([2H])([2H])C(N)(Cc1ccc(Cl)cc1)C([2H])([2H])[2H]. The molecule has 0 amide bonds. The Morgan fingerprint density at radius 2 is 2.00 bits per heavy atom. The molecule has 0 atom stereocenters. The molecule has 12 heavy (non-hydrogen) atoms. The summed E-state index contributed by atoms with van der Waals surface area (Å²) in [5.74, 6) is 0. The number of hydrogen-bond acceptors (Lipinski definition) is 1. The van der Waals surface area contributed by atoms with Crippen molar-refractivity contribution in [1.82, 2.24) is 0 Å². The van der Waals surface area contributed by atoms with Crippen LogP contribution in [0.4, 0.5) is 0 Å². The predicted molar refractivity (Wildman–Crippen MR) is 53.4 cm³/mol. The Labute approximate surface area is 87.0 Å². The van der Waals surface area contributed by atoms with Gasteiger partial charge in [0.1, 0.15) is 0 Å². The normalized spacial score (nSPS) is 21.2. The molecule has 0 spiro atoms. The molecule has 0 unspecified atom stereocenters. The van der Waals surface area contributed by atoms with Crippen LogP contribution in [0.1, 0.15) is 27.5 Å². The lowest BCUT2D eigenvalue weighted by atomic mass is 9.96. The van der Waals surface area contributed by atoms with Gasteiger partial charge >= 0.3 is 0 Å². The maximum atomic E-state index is 7.36. The summed E-state index contributed by atoms with van der Waals surface area (Å²) in [5.41, 5.74) is 3.92. The Morgan fingerprint density at radius 3 is 2.50 bits per heavy atom. The third-order valence-electron chi connectivity index (χ3n) is 1.40. The maximum absolute atomic E-state index is 7.36. The zero-order valence-electron chi connectivity index (χ0n) is 12.5. The van der Waals surface area contributed by atoms with Crippen molar-refractivity contribution < 1.29 is 8.22 Å². The molecule has 0 heterocycles. The molecule has 0 radical (unpaired) electrons. The van der Waals surface area contributed by atoms with Gasteiger partial charge in [-0.25, -0.2) is 0 Å². The molecule has 0 aromatic heterocycles. The van der Waals surface area contributed by atoms with E-state index in [1.54, 1.807) is 24.3 Å². The summed E-state index contributed by atoms with van der Waals surface area (Å²) in [6, 6.07) is 6.27. The quantitative estimate of drug-likeness (QED) is 0.761. The summed E-state index contributed by atoms with van der Waals surface area (Å²) < 4.78 is 44.1. The van der Waals surface area contributed by atoms with Crippen LogP contribution >= 0.6 is 11.6 Å². The van der Waals surface area contributed by atoms with E-state index in [4.69, 9.17) is 25.6 Å². The summed E-state index contributed by atoms with van der Waals surface area (Å²) >= 11 is 5.71. The van der Waals surface area contributed by atoms with E-state index >= 15 is 0 Å². The van der Waals surface area contributed by atoms with Crippen molar-refractivity contribution in [2.75, 3.05) is 0 Å². The van der Waals surface area contributed by atoms with Crippen molar-refractivity contribution in [3.63, 3.8) is 0 Å². The first kappa shape index (κ1) is 4.12. The number of rotatable bonds is 2. The van der Waals surface area contributed by atoms with Gasteiger partial charge in [0, 0.05) is 18.8 Å².